The molecule has 2 N–H and O–H groups in total. The van der Waals surface area contributed by atoms with Crippen molar-refractivity contribution in [2.75, 3.05) is 5.32 Å². The van der Waals surface area contributed by atoms with E-state index in [2.05, 4.69) is 10.3 Å². The third kappa shape index (κ3) is 3.36. The summed E-state index contributed by atoms with van der Waals surface area (Å²) in [6.45, 7) is 0.455. The van der Waals surface area contributed by atoms with Crippen LogP contribution in [0.3, 0.4) is 0 Å². The Balaban J connectivity index is 2.16. The van der Waals surface area contributed by atoms with Crippen LogP contribution in [0.25, 0.3) is 0 Å². The number of aromatic carboxylic acids is 1. The third-order valence-electron chi connectivity index (χ3n) is 2.47. The van der Waals surface area contributed by atoms with Crippen molar-refractivity contribution in [2.45, 2.75) is 6.54 Å². The van der Waals surface area contributed by atoms with Crippen LogP contribution in [0.1, 0.15) is 15.9 Å². The zero-order chi connectivity index (χ0) is 13.8. The molecular formula is C13H10Cl2N2O2. The van der Waals surface area contributed by atoms with Crippen molar-refractivity contribution >= 4 is 35.0 Å². The molecule has 0 saturated heterocycles. The standard InChI is InChI=1S/C13H10Cl2N2O2/c14-9-3-1-2-8(6-9)7-17-12-11(15)10(13(18)19)4-5-16-12/h1-6H,7H2,(H,16,17)(H,18,19). The molecule has 0 aliphatic rings. The number of aromatic nitrogens is 1. The van der Waals surface area contributed by atoms with Crippen molar-refractivity contribution in [3.05, 3.63) is 57.7 Å². The molecule has 0 atom stereocenters. The Morgan fingerprint density at radius 2 is 2.11 bits per heavy atom. The SMILES string of the molecule is O=C(O)c1ccnc(NCc2cccc(Cl)c2)c1Cl. The molecule has 1 aromatic carbocycles. The van der Waals surface area contributed by atoms with Crippen LogP contribution in [0.2, 0.25) is 10.0 Å². The number of anilines is 1. The second-order valence-electron chi connectivity index (χ2n) is 3.81. The molecule has 19 heavy (non-hydrogen) atoms. The molecule has 0 aliphatic heterocycles. The van der Waals surface area contributed by atoms with Gasteiger partial charge < -0.3 is 10.4 Å². The van der Waals surface area contributed by atoms with Gasteiger partial charge in [0.1, 0.15) is 5.82 Å². The molecule has 4 nitrogen and oxygen atoms in total. The van der Waals surface area contributed by atoms with Crippen LogP contribution in [0.5, 0.6) is 0 Å². The van der Waals surface area contributed by atoms with Gasteiger partial charge in [0.05, 0.1) is 10.6 Å². The summed E-state index contributed by atoms with van der Waals surface area (Å²) < 4.78 is 0. The Bertz CT molecular complexity index is 617. The lowest BCUT2D eigenvalue weighted by Gasteiger charge is -2.09. The lowest BCUT2D eigenvalue weighted by molar-refractivity contribution is 0.0697. The van der Waals surface area contributed by atoms with Gasteiger partial charge in [-0.1, -0.05) is 35.3 Å². The van der Waals surface area contributed by atoms with Gasteiger partial charge in [-0.15, -0.1) is 0 Å². The highest BCUT2D eigenvalue weighted by Crippen LogP contribution is 2.24. The molecule has 0 amide bonds. The van der Waals surface area contributed by atoms with E-state index in [9.17, 15) is 4.79 Å². The van der Waals surface area contributed by atoms with Crippen molar-refractivity contribution in [1.29, 1.82) is 0 Å². The van der Waals surface area contributed by atoms with Crippen molar-refractivity contribution in [3.8, 4) is 0 Å². The summed E-state index contributed by atoms with van der Waals surface area (Å²) in [5.41, 5.74) is 0.969. The zero-order valence-electron chi connectivity index (χ0n) is 9.73. The lowest BCUT2D eigenvalue weighted by Crippen LogP contribution is -2.05. The Morgan fingerprint density at radius 3 is 2.79 bits per heavy atom. The van der Waals surface area contributed by atoms with Gasteiger partial charge >= 0.3 is 5.97 Å². The van der Waals surface area contributed by atoms with Crippen LogP contribution in [0, 0.1) is 0 Å². The number of nitrogens with zero attached hydrogens (tertiary/aromatic N) is 1. The van der Waals surface area contributed by atoms with Crippen molar-refractivity contribution < 1.29 is 9.90 Å². The summed E-state index contributed by atoms with van der Waals surface area (Å²) in [6.07, 6.45) is 1.40. The van der Waals surface area contributed by atoms with Crippen molar-refractivity contribution in [1.82, 2.24) is 4.98 Å². The summed E-state index contributed by atoms with van der Waals surface area (Å²) in [4.78, 5) is 15.0. The zero-order valence-corrected chi connectivity index (χ0v) is 11.2. The minimum atomic E-state index is -1.08. The average molecular weight is 297 g/mol. The van der Waals surface area contributed by atoms with E-state index in [1.165, 1.54) is 12.3 Å². The highest BCUT2D eigenvalue weighted by molar-refractivity contribution is 6.35. The van der Waals surface area contributed by atoms with Crippen molar-refractivity contribution in [3.63, 3.8) is 0 Å². The van der Waals surface area contributed by atoms with E-state index in [4.69, 9.17) is 28.3 Å². The first-order valence-corrected chi connectivity index (χ1v) is 6.19. The first-order chi connectivity index (χ1) is 9.08. The highest BCUT2D eigenvalue weighted by atomic mass is 35.5. The van der Waals surface area contributed by atoms with E-state index < -0.39 is 5.97 Å². The van der Waals surface area contributed by atoms with E-state index in [0.29, 0.717) is 17.4 Å². The normalized spacial score (nSPS) is 10.2. The molecule has 2 rings (SSSR count). The Labute approximate surface area is 120 Å². The molecule has 0 saturated carbocycles. The second-order valence-corrected chi connectivity index (χ2v) is 4.62. The molecule has 1 aromatic heterocycles. The maximum atomic E-state index is 10.9. The fourth-order valence-electron chi connectivity index (χ4n) is 1.56. The minimum absolute atomic E-state index is 0.0188. The Morgan fingerprint density at radius 1 is 1.32 bits per heavy atom. The number of pyridine rings is 1. The Kier molecular flexibility index (Phi) is 4.24. The van der Waals surface area contributed by atoms with E-state index in [1.54, 1.807) is 6.07 Å². The number of halogens is 2. The van der Waals surface area contributed by atoms with Crippen LogP contribution in [0.15, 0.2) is 36.5 Å². The molecular weight excluding hydrogens is 287 g/mol. The predicted molar refractivity (Wildman–Crippen MR) is 75.0 cm³/mol. The number of carboxylic acids is 1. The highest BCUT2D eigenvalue weighted by Gasteiger charge is 2.12. The maximum Gasteiger partial charge on any atom is 0.337 e. The molecule has 0 spiro atoms. The molecule has 98 valence electrons. The second kappa shape index (κ2) is 5.91. The van der Waals surface area contributed by atoms with Gasteiger partial charge in [0.15, 0.2) is 0 Å². The molecule has 6 heteroatoms. The number of rotatable bonds is 4. The van der Waals surface area contributed by atoms with Crippen LogP contribution in [-0.4, -0.2) is 16.1 Å². The van der Waals surface area contributed by atoms with Gasteiger partial charge in [-0.2, -0.15) is 0 Å². The van der Waals surface area contributed by atoms with Gasteiger partial charge in [-0.25, -0.2) is 9.78 Å². The molecule has 0 bridgehead atoms. The fraction of sp³-hybridized carbons (Fsp3) is 0.0769. The maximum absolute atomic E-state index is 10.9. The van der Waals surface area contributed by atoms with Crippen molar-refractivity contribution in [2.24, 2.45) is 0 Å². The molecule has 0 unspecified atom stereocenters. The summed E-state index contributed by atoms with van der Waals surface area (Å²) in [7, 11) is 0. The molecule has 0 aliphatic carbocycles. The van der Waals surface area contributed by atoms with Gasteiger partial charge in [0, 0.05) is 17.8 Å². The summed E-state index contributed by atoms with van der Waals surface area (Å²) in [5, 5.41) is 12.7. The van der Waals surface area contributed by atoms with Crippen LogP contribution < -0.4 is 5.32 Å². The van der Waals surface area contributed by atoms with Gasteiger partial charge in [-0.3, -0.25) is 0 Å². The number of carbonyl (C=O) groups is 1. The van der Waals surface area contributed by atoms with Gasteiger partial charge in [0.25, 0.3) is 0 Å². The molecule has 0 fully saturated rings. The van der Waals surface area contributed by atoms with Crippen LogP contribution in [0.4, 0.5) is 5.82 Å². The number of hydrogen-bond acceptors (Lipinski definition) is 3. The third-order valence-corrected chi connectivity index (χ3v) is 3.09. The van der Waals surface area contributed by atoms with E-state index in [1.807, 2.05) is 18.2 Å². The molecule has 1 heterocycles. The number of benzene rings is 1. The average Bonchev–Trinajstić information content (AvgIpc) is 2.37. The number of carboxylic acid groups (broad SMARTS) is 1. The fourth-order valence-corrected chi connectivity index (χ4v) is 2.04. The van der Waals surface area contributed by atoms with Gasteiger partial charge in [-0.05, 0) is 23.8 Å². The van der Waals surface area contributed by atoms with Gasteiger partial charge in [0.2, 0.25) is 0 Å². The minimum Gasteiger partial charge on any atom is -0.478 e. The summed E-state index contributed by atoms with van der Waals surface area (Å²) >= 11 is 11.8. The first-order valence-electron chi connectivity index (χ1n) is 5.44. The monoisotopic (exact) mass is 296 g/mol. The number of hydrogen-bond donors (Lipinski definition) is 2. The van der Waals surface area contributed by atoms with E-state index in [-0.39, 0.29) is 10.6 Å². The largest absolute Gasteiger partial charge is 0.478 e. The molecule has 0 radical (unpaired) electrons. The summed E-state index contributed by atoms with van der Waals surface area (Å²) in [6, 6.07) is 8.68. The van der Waals surface area contributed by atoms with E-state index in [0.717, 1.165) is 5.56 Å². The first kappa shape index (κ1) is 13.6. The topological polar surface area (TPSA) is 62.2 Å². The summed E-state index contributed by atoms with van der Waals surface area (Å²) in [5.74, 6) is -0.750. The van der Waals surface area contributed by atoms with Crippen LogP contribution >= 0.6 is 23.2 Å². The molecule has 2 aromatic rings. The van der Waals surface area contributed by atoms with Crippen LogP contribution in [-0.2, 0) is 6.54 Å². The number of nitrogens with one attached hydrogen (secondary N) is 1. The predicted octanol–water partition coefficient (Wildman–Crippen LogP) is 3.70. The Hall–Kier alpha value is -1.78. The van der Waals surface area contributed by atoms with E-state index >= 15 is 0 Å². The smallest absolute Gasteiger partial charge is 0.337 e. The quantitative estimate of drug-likeness (QED) is 0.903. The lowest BCUT2D eigenvalue weighted by atomic mass is 10.2.